The summed E-state index contributed by atoms with van der Waals surface area (Å²) in [5.74, 6) is 0. The Bertz CT molecular complexity index is 538. The Kier molecular flexibility index (Phi) is 3.71. The minimum Gasteiger partial charge on any atom is -0.314 e. The molecule has 0 aliphatic heterocycles. The van der Waals surface area contributed by atoms with E-state index in [1.807, 2.05) is 0 Å². The Morgan fingerprint density at radius 3 is 2.95 bits per heavy atom. The van der Waals surface area contributed by atoms with Crippen LogP contribution in [0.2, 0.25) is 0 Å². The van der Waals surface area contributed by atoms with E-state index in [4.69, 9.17) is 5.10 Å². The van der Waals surface area contributed by atoms with Crippen molar-refractivity contribution in [2.75, 3.05) is 6.54 Å². The Morgan fingerprint density at radius 1 is 1.42 bits per heavy atom. The molecule has 1 saturated carbocycles. The third-order valence-corrected chi connectivity index (χ3v) is 4.56. The topological polar surface area (TPSA) is 29.9 Å². The van der Waals surface area contributed by atoms with Crippen molar-refractivity contribution in [1.82, 2.24) is 15.1 Å². The van der Waals surface area contributed by atoms with E-state index in [0.717, 1.165) is 25.6 Å². The second-order valence-corrected chi connectivity index (χ2v) is 6.20. The fraction of sp³-hybridized carbons (Fsp3) is 0.533. The van der Waals surface area contributed by atoms with Gasteiger partial charge in [-0.25, -0.2) is 0 Å². The largest absolute Gasteiger partial charge is 0.314 e. The van der Waals surface area contributed by atoms with Crippen molar-refractivity contribution >= 4 is 11.3 Å². The van der Waals surface area contributed by atoms with Gasteiger partial charge in [0.1, 0.15) is 0 Å². The zero-order valence-electron chi connectivity index (χ0n) is 11.6. The van der Waals surface area contributed by atoms with Gasteiger partial charge in [-0.2, -0.15) is 16.4 Å². The van der Waals surface area contributed by atoms with Crippen molar-refractivity contribution in [2.24, 2.45) is 0 Å². The van der Waals surface area contributed by atoms with Gasteiger partial charge in [0.25, 0.3) is 0 Å². The number of nitrogens with one attached hydrogen (secondary N) is 1. The van der Waals surface area contributed by atoms with Gasteiger partial charge in [-0.1, -0.05) is 0 Å². The summed E-state index contributed by atoms with van der Waals surface area (Å²) in [5, 5.41) is 12.6. The van der Waals surface area contributed by atoms with Crippen LogP contribution in [-0.2, 0) is 13.0 Å². The van der Waals surface area contributed by atoms with Gasteiger partial charge in [-0.3, -0.25) is 4.68 Å². The first-order valence-corrected chi connectivity index (χ1v) is 7.95. The highest BCUT2D eigenvalue weighted by Crippen LogP contribution is 2.20. The van der Waals surface area contributed by atoms with Crippen molar-refractivity contribution in [3.8, 4) is 0 Å². The highest BCUT2D eigenvalue weighted by Gasteiger charge is 2.20. The summed E-state index contributed by atoms with van der Waals surface area (Å²) in [6.45, 7) is 6.30. The highest BCUT2D eigenvalue weighted by molar-refractivity contribution is 7.07. The molecule has 1 fully saturated rings. The molecule has 0 atom stereocenters. The lowest BCUT2D eigenvalue weighted by atomic mass is 10.1. The first-order chi connectivity index (χ1) is 9.24. The molecule has 1 aliphatic rings. The van der Waals surface area contributed by atoms with Crippen LogP contribution in [0.25, 0.3) is 0 Å². The Balaban J connectivity index is 1.67. The second-order valence-electron chi connectivity index (χ2n) is 5.42. The van der Waals surface area contributed by atoms with Crippen LogP contribution in [0, 0.1) is 13.8 Å². The molecule has 2 heterocycles. The number of aromatic nitrogens is 2. The monoisotopic (exact) mass is 275 g/mol. The fourth-order valence-corrected chi connectivity index (χ4v) is 3.15. The minimum atomic E-state index is 0.793. The van der Waals surface area contributed by atoms with Gasteiger partial charge in [0, 0.05) is 11.7 Å². The first-order valence-electron chi connectivity index (χ1n) is 7.01. The lowest BCUT2D eigenvalue weighted by Gasteiger charge is -2.05. The third kappa shape index (κ3) is 3.07. The van der Waals surface area contributed by atoms with Crippen LogP contribution in [0.4, 0.5) is 0 Å². The second kappa shape index (κ2) is 5.47. The van der Waals surface area contributed by atoms with E-state index in [1.54, 1.807) is 11.3 Å². The van der Waals surface area contributed by atoms with Crippen molar-refractivity contribution in [1.29, 1.82) is 0 Å². The molecule has 0 bridgehead atoms. The van der Waals surface area contributed by atoms with Crippen LogP contribution in [0.1, 0.15) is 35.4 Å². The predicted octanol–water partition coefficient (Wildman–Crippen LogP) is 2.90. The van der Waals surface area contributed by atoms with E-state index in [0.29, 0.717) is 0 Å². The van der Waals surface area contributed by atoms with Gasteiger partial charge in [0.2, 0.25) is 0 Å². The van der Waals surface area contributed by atoms with Crippen molar-refractivity contribution in [3.63, 3.8) is 0 Å². The molecule has 0 saturated heterocycles. The molecular weight excluding hydrogens is 254 g/mol. The lowest BCUT2D eigenvalue weighted by Crippen LogP contribution is -2.19. The molecule has 0 aromatic carbocycles. The molecule has 3 nitrogen and oxygen atoms in total. The van der Waals surface area contributed by atoms with E-state index < -0.39 is 0 Å². The molecule has 1 aliphatic carbocycles. The zero-order chi connectivity index (χ0) is 13.2. The van der Waals surface area contributed by atoms with Gasteiger partial charge in [0.15, 0.2) is 0 Å². The molecule has 2 aromatic rings. The number of hydrogen-bond acceptors (Lipinski definition) is 3. The van der Waals surface area contributed by atoms with Crippen LogP contribution in [-0.4, -0.2) is 22.4 Å². The van der Waals surface area contributed by atoms with E-state index >= 15 is 0 Å². The Labute approximate surface area is 118 Å². The fourth-order valence-electron chi connectivity index (χ4n) is 2.49. The smallest absolute Gasteiger partial charge is 0.0670 e. The predicted molar refractivity (Wildman–Crippen MR) is 79.9 cm³/mol. The number of hydrogen-bond donors (Lipinski definition) is 1. The van der Waals surface area contributed by atoms with Crippen molar-refractivity contribution in [2.45, 2.75) is 45.7 Å². The summed E-state index contributed by atoms with van der Waals surface area (Å²) in [5.41, 5.74) is 5.27. The lowest BCUT2D eigenvalue weighted by molar-refractivity contribution is 0.655. The normalized spacial score (nSPS) is 15.1. The molecule has 0 unspecified atom stereocenters. The van der Waals surface area contributed by atoms with Gasteiger partial charge in [-0.05, 0) is 67.6 Å². The Morgan fingerprint density at radius 2 is 2.26 bits per heavy atom. The summed E-state index contributed by atoms with van der Waals surface area (Å²) in [4.78, 5) is 0. The summed E-state index contributed by atoms with van der Waals surface area (Å²) in [6.07, 6.45) is 3.81. The molecule has 1 N–H and O–H groups in total. The summed E-state index contributed by atoms with van der Waals surface area (Å²) in [6, 6.07) is 2.97. The minimum absolute atomic E-state index is 0.793. The molecule has 0 amide bonds. The average molecular weight is 275 g/mol. The van der Waals surface area contributed by atoms with E-state index in [2.05, 4.69) is 40.7 Å². The highest BCUT2D eigenvalue weighted by atomic mass is 32.1. The Hall–Kier alpha value is -1.13. The molecule has 0 spiro atoms. The number of rotatable bonds is 6. The maximum absolute atomic E-state index is 4.69. The van der Waals surface area contributed by atoms with Crippen LogP contribution >= 0.6 is 11.3 Å². The molecule has 4 heteroatoms. The van der Waals surface area contributed by atoms with Gasteiger partial charge >= 0.3 is 0 Å². The van der Waals surface area contributed by atoms with Crippen LogP contribution in [0.3, 0.4) is 0 Å². The van der Waals surface area contributed by atoms with Crippen LogP contribution < -0.4 is 5.32 Å². The van der Waals surface area contributed by atoms with Crippen molar-refractivity contribution in [3.05, 3.63) is 39.3 Å². The van der Waals surface area contributed by atoms with Crippen molar-refractivity contribution < 1.29 is 0 Å². The van der Waals surface area contributed by atoms with E-state index in [9.17, 15) is 0 Å². The summed E-state index contributed by atoms with van der Waals surface area (Å²) in [7, 11) is 0. The molecular formula is C15H21N3S. The zero-order valence-corrected chi connectivity index (χ0v) is 12.5. The SMILES string of the molecule is Cc1nn(Cc2ccsc2)c(C)c1CCNC1CC1. The number of thiophene rings is 1. The maximum atomic E-state index is 4.69. The maximum Gasteiger partial charge on any atom is 0.0670 e. The van der Waals surface area contributed by atoms with Gasteiger partial charge < -0.3 is 5.32 Å². The first kappa shape index (κ1) is 12.9. The number of nitrogens with zero attached hydrogens (tertiary/aromatic N) is 2. The van der Waals surface area contributed by atoms with E-state index in [1.165, 1.54) is 35.4 Å². The third-order valence-electron chi connectivity index (χ3n) is 3.83. The molecule has 3 rings (SSSR count). The van der Waals surface area contributed by atoms with E-state index in [-0.39, 0.29) is 0 Å². The van der Waals surface area contributed by atoms with Crippen LogP contribution in [0.5, 0.6) is 0 Å². The summed E-state index contributed by atoms with van der Waals surface area (Å²) < 4.78 is 2.14. The molecule has 102 valence electrons. The summed E-state index contributed by atoms with van der Waals surface area (Å²) >= 11 is 1.75. The standard InChI is InChI=1S/C15H21N3S/c1-11-15(5-7-16-14-3-4-14)12(2)18(17-11)9-13-6-8-19-10-13/h6,8,10,14,16H,3-5,7,9H2,1-2H3. The molecule has 19 heavy (non-hydrogen) atoms. The van der Waals surface area contributed by atoms with Gasteiger partial charge in [0.05, 0.1) is 12.2 Å². The quantitative estimate of drug-likeness (QED) is 0.878. The van der Waals surface area contributed by atoms with Gasteiger partial charge in [-0.15, -0.1) is 0 Å². The van der Waals surface area contributed by atoms with Crippen LogP contribution in [0.15, 0.2) is 16.8 Å². The molecule has 0 radical (unpaired) electrons. The molecule has 2 aromatic heterocycles. The average Bonchev–Trinajstić information content (AvgIpc) is 3.00. The number of aryl methyl sites for hydroxylation is 1.